The summed E-state index contributed by atoms with van der Waals surface area (Å²) in [6.07, 6.45) is 7.89. The van der Waals surface area contributed by atoms with Gasteiger partial charge < -0.3 is 9.22 Å². The Labute approximate surface area is 109 Å². The number of quaternary nitrogens is 1. The molecule has 0 rings (SSSR count). The number of hydrogen-bond acceptors (Lipinski definition) is 1. The highest BCUT2D eigenvalue weighted by Gasteiger charge is 2.25. The van der Waals surface area contributed by atoms with E-state index in [2.05, 4.69) is 27.7 Å². The van der Waals surface area contributed by atoms with E-state index in [1.807, 2.05) is 0 Å². The van der Waals surface area contributed by atoms with Gasteiger partial charge in [-0.3, -0.25) is 0 Å². The maximum Gasteiger partial charge on any atom is 0.183 e. The van der Waals surface area contributed by atoms with Crippen LogP contribution < -0.4 is 0 Å². The summed E-state index contributed by atoms with van der Waals surface area (Å²) in [5.74, 6) is 0. The van der Waals surface area contributed by atoms with Crippen molar-refractivity contribution in [3.05, 3.63) is 0 Å². The predicted molar refractivity (Wildman–Crippen MR) is 76.1 cm³/mol. The molecule has 0 amide bonds. The number of nitrogens with zero attached hydrogens (tertiary/aromatic N) is 1. The van der Waals surface area contributed by atoms with Crippen LogP contribution in [0.3, 0.4) is 0 Å². The van der Waals surface area contributed by atoms with Crippen LogP contribution in [0, 0.1) is 0 Å². The van der Waals surface area contributed by atoms with Crippen molar-refractivity contribution in [1.29, 1.82) is 0 Å². The molecule has 2 heteroatoms. The first-order valence-corrected chi connectivity index (χ1v) is 7.67. The molecule has 0 saturated carbocycles. The first-order chi connectivity index (χ1) is 8.24. The van der Waals surface area contributed by atoms with E-state index in [0.717, 1.165) is 13.3 Å². The topological polar surface area (TPSA) is 9.23 Å². The highest BCUT2D eigenvalue weighted by Crippen LogP contribution is 2.14. The minimum atomic E-state index is 0.852. The van der Waals surface area contributed by atoms with E-state index in [1.54, 1.807) is 0 Å². The molecule has 0 radical (unpaired) electrons. The predicted octanol–water partition coefficient (Wildman–Crippen LogP) is 4.20. The lowest BCUT2D eigenvalue weighted by Crippen LogP contribution is -2.51. The van der Waals surface area contributed by atoms with Crippen LogP contribution in [0.1, 0.15) is 66.2 Å². The molecule has 0 atom stereocenters. The van der Waals surface area contributed by atoms with Crippen molar-refractivity contribution in [2.75, 3.05) is 33.0 Å². The van der Waals surface area contributed by atoms with E-state index >= 15 is 0 Å². The molecule has 0 aliphatic carbocycles. The molecule has 0 heterocycles. The van der Waals surface area contributed by atoms with E-state index in [-0.39, 0.29) is 0 Å². The fraction of sp³-hybridized carbons (Fsp3) is 1.00. The van der Waals surface area contributed by atoms with Gasteiger partial charge in [-0.15, -0.1) is 0 Å². The Morgan fingerprint density at radius 3 is 1.41 bits per heavy atom. The van der Waals surface area contributed by atoms with E-state index in [4.69, 9.17) is 4.74 Å². The average molecular weight is 244 g/mol. The molecule has 0 aliphatic heterocycles. The zero-order chi connectivity index (χ0) is 13.0. The van der Waals surface area contributed by atoms with Gasteiger partial charge in [-0.25, -0.2) is 0 Å². The second-order valence-corrected chi connectivity index (χ2v) is 5.20. The second kappa shape index (κ2) is 11.0. The molecule has 17 heavy (non-hydrogen) atoms. The summed E-state index contributed by atoms with van der Waals surface area (Å²) in [5.41, 5.74) is 0. The van der Waals surface area contributed by atoms with Crippen molar-refractivity contribution in [3.63, 3.8) is 0 Å². The molecular weight excluding hydrogens is 210 g/mol. The van der Waals surface area contributed by atoms with Crippen LogP contribution in [-0.2, 0) is 4.74 Å². The lowest BCUT2D eigenvalue weighted by Gasteiger charge is -2.38. The molecule has 0 N–H and O–H groups in total. The smallest absolute Gasteiger partial charge is 0.183 e. The normalized spacial score (nSPS) is 12.0. The van der Waals surface area contributed by atoms with E-state index < -0.39 is 0 Å². The van der Waals surface area contributed by atoms with Gasteiger partial charge in [-0.05, 0) is 26.2 Å². The molecule has 0 aliphatic rings. The monoisotopic (exact) mass is 244 g/mol. The summed E-state index contributed by atoms with van der Waals surface area (Å²) in [6, 6.07) is 0. The van der Waals surface area contributed by atoms with Crippen LogP contribution in [0.4, 0.5) is 0 Å². The van der Waals surface area contributed by atoms with Crippen LogP contribution in [0.25, 0.3) is 0 Å². The molecular formula is C15H34NO+. The lowest BCUT2D eigenvalue weighted by atomic mass is 10.2. The minimum absolute atomic E-state index is 0.852. The van der Waals surface area contributed by atoms with E-state index in [0.29, 0.717) is 0 Å². The summed E-state index contributed by atoms with van der Waals surface area (Å²) in [4.78, 5) is 0. The molecule has 0 spiro atoms. The molecule has 0 saturated heterocycles. The summed E-state index contributed by atoms with van der Waals surface area (Å²) < 4.78 is 6.96. The van der Waals surface area contributed by atoms with Crippen molar-refractivity contribution < 1.29 is 9.22 Å². The molecule has 0 aromatic rings. The Kier molecular flexibility index (Phi) is 11.0. The highest BCUT2D eigenvalue weighted by atomic mass is 16.5. The third kappa shape index (κ3) is 7.77. The van der Waals surface area contributed by atoms with Crippen LogP contribution in [-0.4, -0.2) is 37.5 Å². The van der Waals surface area contributed by atoms with Crippen molar-refractivity contribution in [1.82, 2.24) is 0 Å². The Bertz CT molecular complexity index is 121. The van der Waals surface area contributed by atoms with Gasteiger partial charge in [0, 0.05) is 6.61 Å². The standard InChI is InChI=1S/C15H34NO/c1-5-9-12-16(13-10-6-2,14-11-7-3)15-17-8-4/h5-15H2,1-4H3/q+1. The zero-order valence-corrected chi connectivity index (χ0v) is 12.6. The third-order valence-electron chi connectivity index (χ3n) is 3.53. The van der Waals surface area contributed by atoms with Gasteiger partial charge in [0.2, 0.25) is 0 Å². The van der Waals surface area contributed by atoms with Crippen molar-refractivity contribution in [2.45, 2.75) is 66.2 Å². The summed E-state index contributed by atoms with van der Waals surface area (Å²) in [5, 5.41) is 0. The summed E-state index contributed by atoms with van der Waals surface area (Å²) >= 11 is 0. The Morgan fingerprint density at radius 2 is 1.12 bits per heavy atom. The zero-order valence-electron chi connectivity index (χ0n) is 12.6. The number of unbranched alkanes of at least 4 members (excludes halogenated alkanes) is 3. The summed E-state index contributed by atoms with van der Waals surface area (Å²) in [6.45, 7) is 14.7. The minimum Gasteiger partial charge on any atom is -0.332 e. The van der Waals surface area contributed by atoms with Gasteiger partial charge in [-0.1, -0.05) is 40.0 Å². The molecule has 0 unspecified atom stereocenters. The van der Waals surface area contributed by atoms with Crippen molar-refractivity contribution in [3.8, 4) is 0 Å². The number of hydrogen-bond donors (Lipinski definition) is 0. The Morgan fingerprint density at radius 1 is 0.706 bits per heavy atom. The van der Waals surface area contributed by atoms with Crippen molar-refractivity contribution in [2.24, 2.45) is 0 Å². The van der Waals surface area contributed by atoms with Gasteiger partial charge in [0.15, 0.2) is 6.73 Å². The fourth-order valence-electron chi connectivity index (χ4n) is 2.29. The largest absolute Gasteiger partial charge is 0.332 e. The van der Waals surface area contributed by atoms with Gasteiger partial charge in [0.05, 0.1) is 19.6 Å². The lowest BCUT2D eigenvalue weighted by molar-refractivity contribution is -0.946. The molecule has 0 fully saturated rings. The number of rotatable bonds is 12. The van der Waals surface area contributed by atoms with E-state index in [9.17, 15) is 0 Å². The highest BCUT2D eigenvalue weighted by molar-refractivity contribution is 4.45. The summed E-state index contributed by atoms with van der Waals surface area (Å²) in [7, 11) is 0. The SMILES string of the molecule is CCCC[N+](CCCC)(CCCC)COCC. The molecule has 104 valence electrons. The third-order valence-corrected chi connectivity index (χ3v) is 3.53. The van der Waals surface area contributed by atoms with Crippen LogP contribution in [0.2, 0.25) is 0 Å². The Hall–Kier alpha value is -0.0800. The van der Waals surface area contributed by atoms with Crippen LogP contribution >= 0.6 is 0 Å². The molecule has 0 bridgehead atoms. The quantitative estimate of drug-likeness (QED) is 0.369. The maximum absolute atomic E-state index is 5.76. The average Bonchev–Trinajstić information content (AvgIpc) is 2.37. The fourth-order valence-corrected chi connectivity index (χ4v) is 2.29. The molecule has 2 nitrogen and oxygen atoms in total. The van der Waals surface area contributed by atoms with E-state index in [1.165, 1.54) is 62.6 Å². The van der Waals surface area contributed by atoms with Crippen molar-refractivity contribution >= 4 is 0 Å². The van der Waals surface area contributed by atoms with Gasteiger partial charge in [0.25, 0.3) is 0 Å². The van der Waals surface area contributed by atoms with Gasteiger partial charge in [0.1, 0.15) is 0 Å². The van der Waals surface area contributed by atoms with Crippen LogP contribution in [0.15, 0.2) is 0 Å². The first-order valence-electron chi connectivity index (χ1n) is 7.67. The number of ether oxygens (including phenoxy) is 1. The Balaban J connectivity index is 4.39. The molecule has 0 aromatic carbocycles. The second-order valence-electron chi connectivity index (χ2n) is 5.20. The van der Waals surface area contributed by atoms with Gasteiger partial charge >= 0.3 is 0 Å². The van der Waals surface area contributed by atoms with Crippen LogP contribution in [0.5, 0.6) is 0 Å². The molecule has 0 aromatic heterocycles. The first kappa shape index (κ1) is 16.9. The van der Waals surface area contributed by atoms with Gasteiger partial charge in [-0.2, -0.15) is 0 Å². The maximum atomic E-state index is 5.76.